The van der Waals surface area contributed by atoms with Crippen LogP contribution in [0.15, 0.2) is 66.7 Å². The summed E-state index contributed by atoms with van der Waals surface area (Å²) >= 11 is 6.42. The lowest BCUT2D eigenvalue weighted by atomic mass is 10.2. The Morgan fingerprint density at radius 1 is 0.967 bits per heavy atom. The number of methoxy groups -OCH3 is 1. The van der Waals surface area contributed by atoms with Gasteiger partial charge in [-0.2, -0.15) is 0 Å². The lowest BCUT2D eigenvalue weighted by molar-refractivity contribution is -0.118. The molecule has 0 spiro atoms. The van der Waals surface area contributed by atoms with Crippen LogP contribution in [-0.2, 0) is 17.9 Å². The fourth-order valence-corrected chi connectivity index (χ4v) is 3.12. The molecule has 3 aromatic rings. The fourth-order valence-electron chi connectivity index (χ4n) is 2.90. The highest BCUT2D eigenvalue weighted by atomic mass is 35.5. The minimum absolute atomic E-state index is 0.147. The Balaban J connectivity index is 1.57. The molecule has 0 saturated heterocycles. The number of ether oxygens (including phenoxy) is 2. The van der Waals surface area contributed by atoms with E-state index in [0.29, 0.717) is 23.1 Å². The number of rotatable bonds is 9. The number of nitrogens with one attached hydrogen (secondary N) is 2. The zero-order valence-electron chi connectivity index (χ0n) is 17.1. The van der Waals surface area contributed by atoms with Gasteiger partial charge in [0.1, 0.15) is 0 Å². The molecule has 1 amide bonds. The molecule has 0 saturated carbocycles. The number of hydrogen-bond donors (Lipinski definition) is 2. The highest BCUT2D eigenvalue weighted by Gasteiger charge is 2.12. The Morgan fingerprint density at radius 2 is 1.70 bits per heavy atom. The average Bonchev–Trinajstić information content (AvgIpc) is 2.76. The van der Waals surface area contributed by atoms with Gasteiger partial charge >= 0.3 is 0 Å². The van der Waals surface area contributed by atoms with Crippen LogP contribution in [0.4, 0.5) is 5.69 Å². The van der Waals surface area contributed by atoms with Gasteiger partial charge in [0.05, 0.1) is 7.11 Å². The van der Waals surface area contributed by atoms with Crippen molar-refractivity contribution in [1.29, 1.82) is 0 Å². The molecule has 0 unspecified atom stereocenters. The second-order valence-electron chi connectivity index (χ2n) is 6.89. The van der Waals surface area contributed by atoms with Gasteiger partial charge in [-0.15, -0.1) is 0 Å². The Bertz CT molecular complexity index is 976. The van der Waals surface area contributed by atoms with Gasteiger partial charge in [-0.25, -0.2) is 0 Å². The minimum Gasteiger partial charge on any atom is -0.493 e. The molecule has 0 aliphatic heterocycles. The van der Waals surface area contributed by atoms with Crippen LogP contribution in [0.5, 0.6) is 11.5 Å². The molecule has 0 aliphatic carbocycles. The highest BCUT2D eigenvalue weighted by molar-refractivity contribution is 6.31. The first-order valence-electron chi connectivity index (χ1n) is 9.65. The number of amides is 1. The Labute approximate surface area is 182 Å². The van der Waals surface area contributed by atoms with E-state index in [1.165, 1.54) is 5.56 Å². The topological polar surface area (TPSA) is 59.6 Å². The summed E-state index contributed by atoms with van der Waals surface area (Å²) in [5, 5.41) is 6.71. The van der Waals surface area contributed by atoms with E-state index in [4.69, 9.17) is 21.1 Å². The van der Waals surface area contributed by atoms with Crippen molar-refractivity contribution in [3.8, 4) is 11.5 Å². The third-order valence-electron chi connectivity index (χ3n) is 4.51. The molecule has 30 heavy (non-hydrogen) atoms. The van der Waals surface area contributed by atoms with E-state index >= 15 is 0 Å². The SMILES string of the molecule is COc1cc(CNCc2ccccc2)c(Cl)cc1OCC(=O)Nc1ccc(C)cc1. The van der Waals surface area contributed by atoms with E-state index < -0.39 is 0 Å². The highest BCUT2D eigenvalue weighted by Crippen LogP contribution is 2.33. The number of hydrogen-bond acceptors (Lipinski definition) is 4. The number of aryl methyl sites for hydroxylation is 1. The standard InChI is InChI=1S/C24H25ClN2O3/c1-17-8-10-20(11-9-17)27-24(28)16-30-23-13-21(25)19(12-22(23)29-2)15-26-14-18-6-4-3-5-7-18/h3-13,26H,14-16H2,1-2H3,(H,27,28). The molecule has 0 bridgehead atoms. The second kappa shape index (κ2) is 10.7. The van der Waals surface area contributed by atoms with Crippen molar-refractivity contribution in [2.75, 3.05) is 19.0 Å². The molecular weight excluding hydrogens is 400 g/mol. The fraction of sp³-hybridized carbons (Fsp3) is 0.208. The van der Waals surface area contributed by atoms with E-state index in [2.05, 4.69) is 22.8 Å². The lowest BCUT2D eigenvalue weighted by Crippen LogP contribution is -2.20. The van der Waals surface area contributed by atoms with E-state index in [0.717, 1.165) is 23.4 Å². The van der Waals surface area contributed by atoms with E-state index in [1.54, 1.807) is 13.2 Å². The van der Waals surface area contributed by atoms with Crippen LogP contribution in [0.1, 0.15) is 16.7 Å². The van der Waals surface area contributed by atoms with Gasteiger partial charge in [-0.3, -0.25) is 4.79 Å². The molecule has 0 aromatic heterocycles. The lowest BCUT2D eigenvalue weighted by Gasteiger charge is -2.14. The number of benzene rings is 3. The van der Waals surface area contributed by atoms with E-state index in [1.807, 2.05) is 55.5 Å². The number of carbonyl (C=O) groups excluding carboxylic acids is 1. The van der Waals surface area contributed by atoms with E-state index in [-0.39, 0.29) is 12.5 Å². The molecule has 0 aliphatic rings. The Kier molecular flexibility index (Phi) is 7.71. The summed E-state index contributed by atoms with van der Waals surface area (Å²) in [6.45, 7) is 3.16. The second-order valence-corrected chi connectivity index (χ2v) is 7.29. The van der Waals surface area contributed by atoms with Gasteiger partial charge in [0, 0.05) is 29.9 Å². The molecule has 6 heteroatoms. The summed E-state index contributed by atoms with van der Waals surface area (Å²) < 4.78 is 11.1. The summed E-state index contributed by atoms with van der Waals surface area (Å²) in [7, 11) is 1.56. The van der Waals surface area contributed by atoms with Gasteiger partial charge in [0.2, 0.25) is 0 Å². The number of anilines is 1. The number of halogens is 1. The Hall–Kier alpha value is -3.02. The maximum Gasteiger partial charge on any atom is 0.262 e. The van der Waals surface area contributed by atoms with Crippen LogP contribution in [0, 0.1) is 6.92 Å². The summed E-state index contributed by atoms with van der Waals surface area (Å²) in [4.78, 5) is 12.2. The van der Waals surface area contributed by atoms with Crippen LogP contribution >= 0.6 is 11.6 Å². The van der Waals surface area contributed by atoms with Crippen LogP contribution in [0.2, 0.25) is 5.02 Å². The third-order valence-corrected chi connectivity index (χ3v) is 4.87. The zero-order chi connectivity index (χ0) is 21.3. The third kappa shape index (κ3) is 6.24. The van der Waals surface area contributed by atoms with Gasteiger partial charge < -0.3 is 20.1 Å². The van der Waals surface area contributed by atoms with Crippen molar-refractivity contribution in [2.24, 2.45) is 0 Å². The zero-order valence-corrected chi connectivity index (χ0v) is 17.8. The summed E-state index contributed by atoms with van der Waals surface area (Å²) in [6, 6.07) is 21.2. The monoisotopic (exact) mass is 424 g/mol. The van der Waals surface area contributed by atoms with Gasteiger partial charge in [-0.05, 0) is 36.2 Å². The predicted molar refractivity (Wildman–Crippen MR) is 120 cm³/mol. The molecule has 2 N–H and O–H groups in total. The number of carbonyl (C=O) groups is 1. The van der Waals surface area contributed by atoms with Gasteiger partial charge in [0.15, 0.2) is 18.1 Å². The quantitative estimate of drug-likeness (QED) is 0.509. The van der Waals surface area contributed by atoms with E-state index in [9.17, 15) is 4.79 Å². The van der Waals surface area contributed by atoms with Gasteiger partial charge in [0.25, 0.3) is 5.91 Å². The summed E-state index contributed by atoms with van der Waals surface area (Å²) in [5.41, 5.74) is 3.93. The van der Waals surface area contributed by atoms with Gasteiger partial charge in [-0.1, -0.05) is 59.6 Å². The molecule has 0 atom stereocenters. The first kappa shape index (κ1) is 21.7. The molecule has 3 rings (SSSR count). The largest absolute Gasteiger partial charge is 0.493 e. The van der Waals surface area contributed by atoms with Crippen LogP contribution in [0.25, 0.3) is 0 Å². The predicted octanol–water partition coefficient (Wildman–Crippen LogP) is 4.96. The molecule has 0 radical (unpaired) electrons. The molecule has 0 fully saturated rings. The molecule has 156 valence electrons. The Morgan fingerprint density at radius 3 is 2.40 bits per heavy atom. The molecule has 0 heterocycles. The maximum atomic E-state index is 12.2. The smallest absolute Gasteiger partial charge is 0.262 e. The van der Waals surface area contributed by atoms with Crippen molar-refractivity contribution >= 4 is 23.2 Å². The van der Waals surface area contributed by atoms with Crippen LogP contribution in [-0.4, -0.2) is 19.6 Å². The molecular formula is C24H25ClN2O3. The summed E-state index contributed by atoms with van der Waals surface area (Å²) in [6.07, 6.45) is 0. The first-order valence-corrected chi connectivity index (χ1v) is 10.0. The van der Waals surface area contributed by atoms with Crippen molar-refractivity contribution in [2.45, 2.75) is 20.0 Å². The van der Waals surface area contributed by atoms with Crippen molar-refractivity contribution < 1.29 is 14.3 Å². The molecule has 5 nitrogen and oxygen atoms in total. The summed E-state index contributed by atoms with van der Waals surface area (Å²) in [5.74, 6) is 0.693. The maximum absolute atomic E-state index is 12.2. The first-order chi connectivity index (χ1) is 14.5. The van der Waals surface area contributed by atoms with Crippen molar-refractivity contribution in [3.05, 3.63) is 88.4 Å². The minimum atomic E-state index is -0.259. The normalized spacial score (nSPS) is 10.5. The van der Waals surface area contributed by atoms with Crippen LogP contribution < -0.4 is 20.1 Å². The van der Waals surface area contributed by atoms with Crippen LogP contribution in [0.3, 0.4) is 0 Å². The average molecular weight is 425 g/mol. The molecule has 3 aromatic carbocycles. The van der Waals surface area contributed by atoms with Crippen molar-refractivity contribution in [3.63, 3.8) is 0 Å². The van der Waals surface area contributed by atoms with Crippen molar-refractivity contribution in [1.82, 2.24) is 5.32 Å².